The van der Waals surface area contributed by atoms with Crippen LogP contribution in [0.3, 0.4) is 0 Å². The molecule has 1 amide bonds. The molecule has 0 heterocycles. The Hall–Kier alpha value is -1.10. The zero-order chi connectivity index (χ0) is 11.7. The van der Waals surface area contributed by atoms with Crippen LogP contribution >= 0.6 is 0 Å². The Morgan fingerprint density at radius 1 is 1.40 bits per heavy atom. The molecule has 0 fully saturated rings. The number of nitrogens with one attached hydrogen (secondary N) is 2. The van der Waals surface area contributed by atoms with E-state index in [0.29, 0.717) is 19.4 Å². The first-order chi connectivity index (χ1) is 7.11. The van der Waals surface area contributed by atoms with Crippen LogP contribution in [0.1, 0.15) is 32.6 Å². The summed E-state index contributed by atoms with van der Waals surface area (Å²) in [4.78, 5) is 22.0. The fourth-order valence-corrected chi connectivity index (χ4v) is 1.17. The van der Waals surface area contributed by atoms with Gasteiger partial charge in [0.1, 0.15) is 6.04 Å². The molecule has 5 heteroatoms. The first-order valence-electron chi connectivity index (χ1n) is 5.28. The van der Waals surface area contributed by atoms with Gasteiger partial charge in [-0.1, -0.05) is 19.8 Å². The van der Waals surface area contributed by atoms with Gasteiger partial charge in [0.2, 0.25) is 5.91 Å². The number of amides is 1. The Balaban J connectivity index is 3.93. The van der Waals surface area contributed by atoms with E-state index >= 15 is 0 Å². The molecule has 0 aliphatic rings. The number of carboxylic acid groups (broad SMARTS) is 1. The van der Waals surface area contributed by atoms with E-state index in [9.17, 15) is 9.59 Å². The zero-order valence-corrected chi connectivity index (χ0v) is 9.38. The van der Waals surface area contributed by atoms with Crippen LogP contribution in [0.4, 0.5) is 0 Å². The molecule has 0 radical (unpaired) electrons. The Kier molecular flexibility index (Phi) is 7.62. The van der Waals surface area contributed by atoms with Crippen LogP contribution in [0.15, 0.2) is 0 Å². The molecule has 88 valence electrons. The quantitative estimate of drug-likeness (QED) is 0.547. The molecule has 0 saturated heterocycles. The van der Waals surface area contributed by atoms with Crippen LogP contribution < -0.4 is 10.6 Å². The molecule has 0 aliphatic heterocycles. The van der Waals surface area contributed by atoms with Crippen molar-refractivity contribution in [3.8, 4) is 0 Å². The van der Waals surface area contributed by atoms with E-state index in [2.05, 4.69) is 10.6 Å². The third-order valence-corrected chi connectivity index (χ3v) is 2.08. The van der Waals surface area contributed by atoms with Gasteiger partial charge in [-0.15, -0.1) is 0 Å². The molecule has 1 unspecified atom stereocenters. The highest BCUT2D eigenvalue weighted by molar-refractivity contribution is 5.83. The molecule has 0 aliphatic carbocycles. The third kappa shape index (κ3) is 6.90. The van der Waals surface area contributed by atoms with Crippen LogP contribution in [0, 0.1) is 0 Å². The lowest BCUT2D eigenvalue weighted by Crippen LogP contribution is -2.41. The summed E-state index contributed by atoms with van der Waals surface area (Å²) in [5.41, 5.74) is 0. The highest BCUT2D eigenvalue weighted by Crippen LogP contribution is 2.01. The lowest BCUT2D eigenvalue weighted by atomic mass is 10.1. The number of rotatable bonds is 8. The smallest absolute Gasteiger partial charge is 0.326 e. The van der Waals surface area contributed by atoms with Crippen molar-refractivity contribution < 1.29 is 14.7 Å². The SMILES string of the molecule is CCCCC(NC(=O)CCNC)C(=O)O. The topological polar surface area (TPSA) is 78.4 Å². The van der Waals surface area contributed by atoms with Crippen molar-refractivity contribution in [2.24, 2.45) is 0 Å². The van der Waals surface area contributed by atoms with Crippen molar-refractivity contribution in [1.82, 2.24) is 10.6 Å². The molecular weight excluding hydrogens is 196 g/mol. The van der Waals surface area contributed by atoms with Gasteiger partial charge in [-0.25, -0.2) is 4.79 Å². The molecule has 1 atom stereocenters. The summed E-state index contributed by atoms with van der Waals surface area (Å²) in [5.74, 6) is -1.17. The monoisotopic (exact) mass is 216 g/mol. The fourth-order valence-electron chi connectivity index (χ4n) is 1.17. The zero-order valence-electron chi connectivity index (χ0n) is 9.38. The minimum Gasteiger partial charge on any atom is -0.480 e. The van der Waals surface area contributed by atoms with E-state index in [-0.39, 0.29) is 5.91 Å². The molecule has 15 heavy (non-hydrogen) atoms. The summed E-state index contributed by atoms with van der Waals surface area (Å²) >= 11 is 0. The maximum Gasteiger partial charge on any atom is 0.326 e. The number of carbonyl (C=O) groups is 2. The number of aliphatic carboxylic acids is 1. The first kappa shape index (κ1) is 13.9. The Morgan fingerprint density at radius 2 is 2.07 bits per heavy atom. The van der Waals surface area contributed by atoms with Gasteiger partial charge in [-0.2, -0.15) is 0 Å². The van der Waals surface area contributed by atoms with Crippen LogP contribution in [0.5, 0.6) is 0 Å². The second kappa shape index (κ2) is 8.23. The Labute approximate surface area is 90.2 Å². The van der Waals surface area contributed by atoms with Gasteiger partial charge in [0.05, 0.1) is 0 Å². The third-order valence-electron chi connectivity index (χ3n) is 2.08. The van der Waals surface area contributed by atoms with Crippen molar-refractivity contribution >= 4 is 11.9 Å². The van der Waals surface area contributed by atoms with Crippen LogP contribution in [-0.4, -0.2) is 36.6 Å². The summed E-state index contributed by atoms with van der Waals surface area (Å²) in [7, 11) is 1.75. The second-order valence-corrected chi connectivity index (χ2v) is 3.45. The van der Waals surface area contributed by atoms with Crippen LogP contribution in [0.25, 0.3) is 0 Å². The molecule has 0 saturated carbocycles. The van der Waals surface area contributed by atoms with Crippen molar-refractivity contribution in [3.63, 3.8) is 0 Å². The Morgan fingerprint density at radius 3 is 2.53 bits per heavy atom. The van der Waals surface area contributed by atoms with Crippen molar-refractivity contribution in [1.29, 1.82) is 0 Å². The minimum atomic E-state index is -0.957. The van der Waals surface area contributed by atoms with E-state index in [0.717, 1.165) is 12.8 Å². The number of carbonyl (C=O) groups excluding carboxylic acids is 1. The van der Waals surface area contributed by atoms with Gasteiger partial charge in [0.25, 0.3) is 0 Å². The van der Waals surface area contributed by atoms with E-state index in [1.807, 2.05) is 6.92 Å². The molecule has 0 aromatic carbocycles. The highest BCUT2D eigenvalue weighted by Gasteiger charge is 2.18. The second-order valence-electron chi connectivity index (χ2n) is 3.45. The maximum absolute atomic E-state index is 11.3. The van der Waals surface area contributed by atoms with Gasteiger partial charge in [-0.3, -0.25) is 4.79 Å². The van der Waals surface area contributed by atoms with E-state index in [4.69, 9.17) is 5.11 Å². The molecule has 0 spiro atoms. The molecule has 0 bridgehead atoms. The summed E-state index contributed by atoms with van der Waals surface area (Å²) in [6.07, 6.45) is 2.54. The molecule has 5 nitrogen and oxygen atoms in total. The normalized spacial score (nSPS) is 12.1. The summed E-state index contributed by atoms with van der Waals surface area (Å²) in [6, 6.07) is -0.741. The number of hydrogen-bond acceptors (Lipinski definition) is 3. The van der Waals surface area contributed by atoms with E-state index < -0.39 is 12.0 Å². The van der Waals surface area contributed by atoms with Gasteiger partial charge in [0.15, 0.2) is 0 Å². The largest absolute Gasteiger partial charge is 0.480 e. The molecule has 0 aromatic rings. The van der Waals surface area contributed by atoms with Crippen molar-refractivity contribution in [3.05, 3.63) is 0 Å². The predicted molar refractivity (Wildman–Crippen MR) is 57.6 cm³/mol. The lowest BCUT2D eigenvalue weighted by molar-refractivity contribution is -0.142. The molecular formula is C10H20N2O3. The van der Waals surface area contributed by atoms with Crippen LogP contribution in [-0.2, 0) is 9.59 Å². The van der Waals surface area contributed by atoms with Crippen molar-refractivity contribution in [2.45, 2.75) is 38.6 Å². The minimum absolute atomic E-state index is 0.215. The fraction of sp³-hybridized carbons (Fsp3) is 0.800. The number of carboxylic acids is 1. The molecule has 3 N–H and O–H groups in total. The number of unbranched alkanes of at least 4 members (excludes halogenated alkanes) is 1. The van der Waals surface area contributed by atoms with Gasteiger partial charge in [0, 0.05) is 13.0 Å². The lowest BCUT2D eigenvalue weighted by Gasteiger charge is -2.13. The standard InChI is InChI=1S/C10H20N2O3/c1-3-4-5-8(10(14)15)12-9(13)6-7-11-2/h8,11H,3-7H2,1-2H3,(H,12,13)(H,14,15). The number of hydrogen-bond donors (Lipinski definition) is 3. The average molecular weight is 216 g/mol. The highest BCUT2D eigenvalue weighted by atomic mass is 16.4. The average Bonchev–Trinajstić information content (AvgIpc) is 2.20. The maximum atomic E-state index is 11.3. The van der Waals surface area contributed by atoms with Gasteiger partial charge >= 0.3 is 5.97 Å². The van der Waals surface area contributed by atoms with E-state index in [1.54, 1.807) is 7.05 Å². The van der Waals surface area contributed by atoms with Gasteiger partial charge < -0.3 is 15.7 Å². The predicted octanol–water partition coefficient (Wildman–Crippen LogP) is 0.355. The van der Waals surface area contributed by atoms with Crippen molar-refractivity contribution in [2.75, 3.05) is 13.6 Å². The summed E-state index contributed by atoms with van der Waals surface area (Å²) < 4.78 is 0. The first-order valence-corrected chi connectivity index (χ1v) is 5.28. The van der Waals surface area contributed by atoms with Crippen LogP contribution in [0.2, 0.25) is 0 Å². The summed E-state index contributed by atoms with van der Waals surface area (Å²) in [5, 5.41) is 14.2. The Bertz CT molecular complexity index is 207. The summed E-state index contributed by atoms with van der Waals surface area (Å²) in [6.45, 7) is 2.55. The molecule has 0 rings (SSSR count). The molecule has 0 aromatic heterocycles. The van der Waals surface area contributed by atoms with E-state index in [1.165, 1.54) is 0 Å². The van der Waals surface area contributed by atoms with Gasteiger partial charge in [-0.05, 0) is 13.5 Å².